The van der Waals surface area contributed by atoms with E-state index in [1.54, 1.807) is 6.08 Å². The monoisotopic (exact) mass is 307 g/mol. The van der Waals surface area contributed by atoms with Gasteiger partial charge in [0, 0.05) is 11.7 Å². The van der Waals surface area contributed by atoms with Crippen molar-refractivity contribution < 1.29 is 13.2 Å². The van der Waals surface area contributed by atoms with Crippen molar-refractivity contribution in [2.24, 2.45) is 4.99 Å². The van der Waals surface area contributed by atoms with E-state index in [0.717, 1.165) is 30.4 Å². The number of benzene rings is 1. The normalized spacial score (nSPS) is 17.7. The van der Waals surface area contributed by atoms with Crippen LogP contribution in [0.15, 0.2) is 29.3 Å². The highest BCUT2D eigenvalue weighted by atomic mass is 32.2. The summed E-state index contributed by atoms with van der Waals surface area (Å²) < 4.78 is 23.1. The molecular weight excluding hydrogens is 286 g/mol. The van der Waals surface area contributed by atoms with Crippen LogP contribution in [0.5, 0.6) is 0 Å². The Morgan fingerprint density at radius 1 is 1.24 bits per heavy atom. The zero-order valence-electron chi connectivity index (χ0n) is 12.7. The maximum Gasteiger partial charge on any atom is 0.235 e. The number of aliphatic imine (C=N–C) groups is 1. The van der Waals surface area contributed by atoms with Crippen molar-refractivity contribution in [1.29, 1.82) is 0 Å². The molecule has 0 atom stereocenters. The molecule has 1 aromatic rings. The van der Waals surface area contributed by atoms with Crippen molar-refractivity contribution in [3.63, 3.8) is 0 Å². The van der Waals surface area contributed by atoms with E-state index in [1.807, 2.05) is 38.1 Å². The Labute approximate surface area is 126 Å². The molecule has 0 aliphatic heterocycles. The predicted octanol–water partition coefficient (Wildman–Crippen LogP) is 2.72. The highest BCUT2D eigenvalue weighted by Crippen LogP contribution is 2.45. The predicted molar refractivity (Wildman–Crippen MR) is 82.8 cm³/mol. The van der Waals surface area contributed by atoms with Crippen LogP contribution < -0.4 is 0 Å². The van der Waals surface area contributed by atoms with Crippen LogP contribution in [0.25, 0.3) is 0 Å². The molecule has 0 spiro atoms. The molecule has 114 valence electrons. The van der Waals surface area contributed by atoms with Crippen molar-refractivity contribution in [3.05, 3.63) is 35.4 Å². The van der Waals surface area contributed by atoms with E-state index in [9.17, 15) is 13.2 Å². The summed E-state index contributed by atoms with van der Waals surface area (Å²) in [4.78, 5) is 14.6. The Morgan fingerprint density at radius 3 is 2.19 bits per heavy atom. The minimum Gasteiger partial charge on any atom is -0.229 e. The first-order chi connectivity index (χ1) is 9.69. The quantitative estimate of drug-likeness (QED) is 0.620. The van der Waals surface area contributed by atoms with Gasteiger partial charge in [0.2, 0.25) is 6.08 Å². The standard InChI is InChI=1S/C16H21NO3S/c1-15(2,11-21(3,19)20)13-5-7-14(8-6-13)16(17-12-18)9-4-10-16/h5-8H,4,9-11H2,1-3H3. The van der Waals surface area contributed by atoms with Crippen LogP contribution >= 0.6 is 0 Å². The molecule has 1 fully saturated rings. The third-order valence-corrected chi connectivity index (χ3v) is 5.51. The summed E-state index contributed by atoms with van der Waals surface area (Å²) in [5.41, 5.74) is 1.14. The zero-order chi connectivity index (χ0) is 15.7. The molecule has 0 heterocycles. The van der Waals surface area contributed by atoms with Crippen molar-refractivity contribution >= 4 is 15.9 Å². The minimum atomic E-state index is -3.04. The number of sulfone groups is 1. The summed E-state index contributed by atoms with van der Waals surface area (Å²) in [6, 6.07) is 7.81. The molecule has 0 bridgehead atoms. The molecule has 21 heavy (non-hydrogen) atoms. The molecule has 4 nitrogen and oxygen atoms in total. The maximum absolute atomic E-state index is 11.5. The van der Waals surface area contributed by atoms with E-state index in [0.29, 0.717) is 0 Å². The van der Waals surface area contributed by atoms with Gasteiger partial charge in [0.05, 0.1) is 11.3 Å². The fraction of sp³-hybridized carbons (Fsp3) is 0.562. The SMILES string of the molecule is CC(C)(CS(C)(=O)=O)c1ccc(C2(N=C=O)CCC2)cc1. The second kappa shape index (κ2) is 5.39. The third kappa shape index (κ3) is 3.42. The van der Waals surface area contributed by atoms with Gasteiger partial charge in [-0.15, -0.1) is 0 Å². The van der Waals surface area contributed by atoms with E-state index in [-0.39, 0.29) is 5.75 Å². The highest BCUT2D eigenvalue weighted by molar-refractivity contribution is 7.90. The van der Waals surface area contributed by atoms with Gasteiger partial charge in [-0.3, -0.25) is 0 Å². The number of hydrogen-bond donors (Lipinski definition) is 0. The second-order valence-electron chi connectivity index (χ2n) is 6.62. The van der Waals surface area contributed by atoms with Crippen LogP contribution in [0.1, 0.15) is 44.2 Å². The van der Waals surface area contributed by atoms with Crippen LogP contribution in [0.4, 0.5) is 0 Å². The van der Waals surface area contributed by atoms with E-state index < -0.39 is 20.8 Å². The van der Waals surface area contributed by atoms with E-state index >= 15 is 0 Å². The fourth-order valence-electron chi connectivity index (χ4n) is 3.03. The first-order valence-electron chi connectivity index (χ1n) is 7.06. The maximum atomic E-state index is 11.5. The van der Waals surface area contributed by atoms with Gasteiger partial charge in [0.1, 0.15) is 9.84 Å². The second-order valence-corrected chi connectivity index (χ2v) is 8.76. The molecule has 5 heteroatoms. The average molecular weight is 307 g/mol. The highest BCUT2D eigenvalue weighted by Gasteiger charge is 2.39. The van der Waals surface area contributed by atoms with Crippen LogP contribution in [0, 0.1) is 0 Å². The summed E-state index contributed by atoms with van der Waals surface area (Å²) in [6.45, 7) is 3.84. The van der Waals surface area contributed by atoms with Crippen molar-refractivity contribution in [3.8, 4) is 0 Å². The topological polar surface area (TPSA) is 63.6 Å². The van der Waals surface area contributed by atoms with Crippen molar-refractivity contribution in [2.75, 3.05) is 12.0 Å². The lowest BCUT2D eigenvalue weighted by molar-refractivity contribution is 0.256. The molecule has 0 saturated heterocycles. The molecule has 1 saturated carbocycles. The Bertz CT molecular complexity index is 664. The van der Waals surface area contributed by atoms with Gasteiger partial charge >= 0.3 is 0 Å². The van der Waals surface area contributed by atoms with Gasteiger partial charge in [-0.05, 0) is 30.4 Å². The van der Waals surface area contributed by atoms with Gasteiger partial charge in [0.15, 0.2) is 0 Å². The lowest BCUT2D eigenvalue weighted by Crippen LogP contribution is -2.32. The molecule has 0 unspecified atom stereocenters. The smallest absolute Gasteiger partial charge is 0.229 e. The van der Waals surface area contributed by atoms with Gasteiger partial charge in [-0.1, -0.05) is 38.1 Å². The molecule has 0 aromatic heterocycles. The summed E-state index contributed by atoms with van der Waals surface area (Å²) in [6.07, 6.45) is 5.74. The first kappa shape index (κ1) is 15.9. The van der Waals surface area contributed by atoms with E-state index in [2.05, 4.69) is 4.99 Å². The molecule has 1 aromatic carbocycles. The van der Waals surface area contributed by atoms with Crippen molar-refractivity contribution in [2.45, 2.75) is 44.1 Å². The summed E-state index contributed by atoms with van der Waals surface area (Å²) in [5, 5.41) is 0. The van der Waals surface area contributed by atoms with E-state index in [1.165, 1.54) is 6.26 Å². The number of carbonyl (C=O) groups excluding carboxylic acids is 1. The summed E-state index contributed by atoms with van der Waals surface area (Å²) in [7, 11) is -3.04. The Morgan fingerprint density at radius 2 is 1.81 bits per heavy atom. The Hall–Kier alpha value is -1.45. The lowest BCUT2D eigenvalue weighted by atomic mass is 9.72. The summed E-state index contributed by atoms with van der Waals surface area (Å²) >= 11 is 0. The molecule has 0 radical (unpaired) electrons. The van der Waals surface area contributed by atoms with Gasteiger partial charge in [-0.25, -0.2) is 13.2 Å². The lowest BCUT2D eigenvalue weighted by Gasteiger charge is -2.37. The van der Waals surface area contributed by atoms with Crippen LogP contribution in [0.3, 0.4) is 0 Å². The molecule has 2 rings (SSSR count). The first-order valence-corrected chi connectivity index (χ1v) is 9.12. The molecule has 1 aliphatic rings. The number of isocyanates is 1. The molecular formula is C16H21NO3S. The number of nitrogens with zero attached hydrogens (tertiary/aromatic N) is 1. The average Bonchev–Trinajstić information content (AvgIpc) is 2.31. The Balaban J connectivity index is 2.29. The Kier molecular flexibility index (Phi) is 4.09. The van der Waals surface area contributed by atoms with Gasteiger partial charge in [0.25, 0.3) is 0 Å². The minimum absolute atomic E-state index is 0.108. The summed E-state index contributed by atoms with van der Waals surface area (Å²) in [5.74, 6) is 0.108. The molecule has 1 aliphatic carbocycles. The molecule has 0 amide bonds. The van der Waals surface area contributed by atoms with Crippen LogP contribution in [-0.2, 0) is 25.6 Å². The van der Waals surface area contributed by atoms with Crippen LogP contribution in [-0.4, -0.2) is 26.5 Å². The molecule has 0 N–H and O–H groups in total. The van der Waals surface area contributed by atoms with Crippen molar-refractivity contribution in [1.82, 2.24) is 0 Å². The zero-order valence-corrected chi connectivity index (χ0v) is 13.5. The number of rotatable bonds is 5. The fourth-order valence-corrected chi connectivity index (χ4v) is 4.51. The number of hydrogen-bond acceptors (Lipinski definition) is 4. The van der Waals surface area contributed by atoms with Crippen LogP contribution in [0.2, 0.25) is 0 Å². The largest absolute Gasteiger partial charge is 0.235 e. The van der Waals surface area contributed by atoms with Gasteiger partial charge in [-0.2, -0.15) is 4.99 Å². The third-order valence-electron chi connectivity index (χ3n) is 4.27. The van der Waals surface area contributed by atoms with E-state index in [4.69, 9.17) is 0 Å². The van der Waals surface area contributed by atoms with Gasteiger partial charge < -0.3 is 0 Å².